The molecule has 2 rings (SSSR count). The molecular formula is C10H10INO. The molecule has 1 amide bonds. The summed E-state index contributed by atoms with van der Waals surface area (Å²) in [5.41, 5.74) is 0.931. The van der Waals surface area contributed by atoms with Crippen LogP contribution in [-0.4, -0.2) is 5.91 Å². The van der Waals surface area contributed by atoms with Crippen molar-refractivity contribution in [1.82, 2.24) is 0 Å². The van der Waals surface area contributed by atoms with Crippen molar-refractivity contribution in [2.75, 3.05) is 5.32 Å². The van der Waals surface area contributed by atoms with Crippen LogP contribution in [0.15, 0.2) is 24.3 Å². The third-order valence-electron chi connectivity index (χ3n) is 2.08. The molecule has 0 aliphatic heterocycles. The molecule has 1 aromatic carbocycles. The Balaban J connectivity index is 2.08. The molecule has 1 N–H and O–H groups in total. The van der Waals surface area contributed by atoms with Gasteiger partial charge in [-0.2, -0.15) is 0 Å². The van der Waals surface area contributed by atoms with Gasteiger partial charge in [-0.3, -0.25) is 4.79 Å². The smallest absolute Gasteiger partial charge is 0.227 e. The number of anilines is 1. The van der Waals surface area contributed by atoms with Gasteiger partial charge in [0.1, 0.15) is 0 Å². The van der Waals surface area contributed by atoms with Gasteiger partial charge in [-0.1, -0.05) is 12.1 Å². The molecular weight excluding hydrogens is 277 g/mol. The van der Waals surface area contributed by atoms with E-state index >= 15 is 0 Å². The zero-order chi connectivity index (χ0) is 9.26. The molecule has 0 atom stereocenters. The monoisotopic (exact) mass is 287 g/mol. The van der Waals surface area contributed by atoms with E-state index in [9.17, 15) is 4.79 Å². The fourth-order valence-corrected chi connectivity index (χ4v) is 1.67. The van der Waals surface area contributed by atoms with Gasteiger partial charge < -0.3 is 5.32 Å². The zero-order valence-electron chi connectivity index (χ0n) is 7.09. The van der Waals surface area contributed by atoms with E-state index in [1.54, 1.807) is 0 Å². The van der Waals surface area contributed by atoms with Gasteiger partial charge in [0.05, 0.1) is 5.69 Å². The summed E-state index contributed by atoms with van der Waals surface area (Å²) in [6, 6.07) is 7.82. The van der Waals surface area contributed by atoms with Crippen molar-refractivity contribution in [1.29, 1.82) is 0 Å². The van der Waals surface area contributed by atoms with E-state index < -0.39 is 0 Å². The second-order valence-corrected chi connectivity index (χ2v) is 4.41. The first-order chi connectivity index (χ1) is 6.27. The normalized spacial score (nSPS) is 15.5. The van der Waals surface area contributed by atoms with Crippen molar-refractivity contribution >= 4 is 34.2 Å². The first-order valence-corrected chi connectivity index (χ1v) is 5.40. The number of carbonyl (C=O) groups excluding carboxylic acids is 1. The van der Waals surface area contributed by atoms with Gasteiger partial charge in [-0.25, -0.2) is 0 Å². The van der Waals surface area contributed by atoms with Gasteiger partial charge in [0.15, 0.2) is 0 Å². The predicted molar refractivity (Wildman–Crippen MR) is 60.5 cm³/mol. The van der Waals surface area contributed by atoms with Gasteiger partial charge in [-0.15, -0.1) is 0 Å². The van der Waals surface area contributed by atoms with Crippen LogP contribution in [0.1, 0.15) is 12.8 Å². The highest BCUT2D eigenvalue weighted by molar-refractivity contribution is 14.1. The van der Waals surface area contributed by atoms with Gasteiger partial charge in [0, 0.05) is 9.49 Å². The fourth-order valence-electron chi connectivity index (χ4n) is 1.14. The highest BCUT2D eigenvalue weighted by Crippen LogP contribution is 2.30. The molecule has 0 heterocycles. The number of halogens is 1. The Kier molecular flexibility index (Phi) is 2.53. The maximum atomic E-state index is 11.4. The molecule has 2 nitrogen and oxygen atoms in total. The van der Waals surface area contributed by atoms with E-state index in [1.165, 1.54) is 0 Å². The van der Waals surface area contributed by atoms with Crippen LogP contribution in [0.2, 0.25) is 0 Å². The molecule has 0 spiro atoms. The number of carbonyl (C=O) groups is 1. The maximum absolute atomic E-state index is 11.4. The predicted octanol–water partition coefficient (Wildman–Crippen LogP) is 2.64. The van der Waals surface area contributed by atoms with E-state index in [4.69, 9.17) is 0 Å². The lowest BCUT2D eigenvalue weighted by molar-refractivity contribution is -0.117. The Labute approximate surface area is 90.9 Å². The standard InChI is InChI=1S/C10H10INO/c11-8-3-1-2-4-9(8)12-10(13)7-5-6-7/h1-4,7H,5-6H2,(H,12,13). The Morgan fingerprint density at radius 2 is 2.08 bits per heavy atom. The number of hydrogen-bond donors (Lipinski definition) is 1. The Hall–Kier alpha value is -0.580. The lowest BCUT2D eigenvalue weighted by atomic mass is 10.3. The summed E-state index contributed by atoms with van der Waals surface area (Å²) in [6.45, 7) is 0. The lowest BCUT2D eigenvalue weighted by Gasteiger charge is -2.05. The molecule has 68 valence electrons. The average molecular weight is 287 g/mol. The molecule has 3 heteroatoms. The fraction of sp³-hybridized carbons (Fsp3) is 0.300. The van der Waals surface area contributed by atoms with Crippen LogP contribution >= 0.6 is 22.6 Å². The molecule has 0 bridgehead atoms. The SMILES string of the molecule is O=C(Nc1ccccc1I)C1CC1. The molecule has 0 unspecified atom stereocenters. The van der Waals surface area contributed by atoms with Crippen LogP contribution in [-0.2, 0) is 4.79 Å². The summed E-state index contributed by atoms with van der Waals surface area (Å²) < 4.78 is 1.09. The minimum Gasteiger partial charge on any atom is -0.325 e. The number of para-hydroxylation sites is 1. The van der Waals surface area contributed by atoms with E-state index in [2.05, 4.69) is 27.9 Å². The zero-order valence-corrected chi connectivity index (χ0v) is 9.24. The van der Waals surface area contributed by atoms with Gasteiger partial charge in [0.25, 0.3) is 0 Å². The second-order valence-electron chi connectivity index (χ2n) is 3.24. The van der Waals surface area contributed by atoms with E-state index in [-0.39, 0.29) is 11.8 Å². The Morgan fingerprint density at radius 1 is 1.38 bits per heavy atom. The lowest BCUT2D eigenvalue weighted by Crippen LogP contribution is -2.13. The van der Waals surface area contributed by atoms with Gasteiger partial charge >= 0.3 is 0 Å². The van der Waals surface area contributed by atoms with E-state index in [0.29, 0.717) is 0 Å². The van der Waals surface area contributed by atoms with Crippen molar-refractivity contribution in [3.05, 3.63) is 27.8 Å². The first-order valence-electron chi connectivity index (χ1n) is 4.33. The molecule has 1 aromatic rings. The van der Waals surface area contributed by atoms with Crippen molar-refractivity contribution in [3.8, 4) is 0 Å². The number of hydrogen-bond acceptors (Lipinski definition) is 1. The van der Waals surface area contributed by atoms with Crippen molar-refractivity contribution < 1.29 is 4.79 Å². The third-order valence-corrected chi connectivity index (χ3v) is 3.02. The Bertz CT molecular complexity index is 333. The second kappa shape index (κ2) is 3.65. The van der Waals surface area contributed by atoms with Crippen LogP contribution < -0.4 is 5.32 Å². The minimum absolute atomic E-state index is 0.170. The number of amides is 1. The molecule has 1 aliphatic carbocycles. The van der Waals surface area contributed by atoms with Crippen molar-refractivity contribution in [2.24, 2.45) is 5.92 Å². The molecule has 1 aliphatic rings. The van der Waals surface area contributed by atoms with Crippen LogP contribution in [0.5, 0.6) is 0 Å². The van der Waals surface area contributed by atoms with Crippen LogP contribution in [0.25, 0.3) is 0 Å². The molecule has 1 fully saturated rings. The minimum atomic E-state index is 0.170. The number of rotatable bonds is 2. The number of nitrogens with one attached hydrogen (secondary N) is 1. The third kappa shape index (κ3) is 2.21. The highest BCUT2D eigenvalue weighted by Gasteiger charge is 2.29. The van der Waals surface area contributed by atoms with E-state index in [0.717, 1.165) is 22.1 Å². The van der Waals surface area contributed by atoms with Crippen molar-refractivity contribution in [3.63, 3.8) is 0 Å². The van der Waals surface area contributed by atoms with Gasteiger partial charge in [-0.05, 0) is 47.6 Å². The number of benzene rings is 1. The quantitative estimate of drug-likeness (QED) is 0.832. The van der Waals surface area contributed by atoms with Crippen LogP contribution in [0.3, 0.4) is 0 Å². The molecule has 1 saturated carbocycles. The molecule has 13 heavy (non-hydrogen) atoms. The van der Waals surface area contributed by atoms with E-state index in [1.807, 2.05) is 24.3 Å². The topological polar surface area (TPSA) is 29.1 Å². The first kappa shape index (κ1) is 8.99. The summed E-state index contributed by atoms with van der Waals surface area (Å²) in [6.07, 6.45) is 2.10. The Morgan fingerprint density at radius 3 is 2.69 bits per heavy atom. The summed E-state index contributed by atoms with van der Waals surface area (Å²) in [5.74, 6) is 0.445. The van der Waals surface area contributed by atoms with Crippen molar-refractivity contribution in [2.45, 2.75) is 12.8 Å². The summed E-state index contributed by atoms with van der Waals surface area (Å²) >= 11 is 2.22. The molecule has 0 aromatic heterocycles. The summed E-state index contributed by atoms with van der Waals surface area (Å²) in [4.78, 5) is 11.4. The summed E-state index contributed by atoms with van der Waals surface area (Å²) in [5, 5.41) is 2.93. The maximum Gasteiger partial charge on any atom is 0.227 e. The molecule has 0 radical (unpaired) electrons. The average Bonchev–Trinajstić information content (AvgIpc) is 2.91. The highest BCUT2D eigenvalue weighted by atomic mass is 127. The largest absolute Gasteiger partial charge is 0.325 e. The molecule has 0 saturated heterocycles. The van der Waals surface area contributed by atoms with Gasteiger partial charge in [0.2, 0.25) is 5.91 Å². The van der Waals surface area contributed by atoms with Crippen LogP contribution in [0.4, 0.5) is 5.69 Å². The van der Waals surface area contributed by atoms with Crippen LogP contribution in [0, 0.1) is 9.49 Å². The summed E-state index contributed by atoms with van der Waals surface area (Å²) in [7, 11) is 0.